The molecule has 7 heteroatoms. The van der Waals surface area contributed by atoms with Crippen LogP contribution in [-0.4, -0.2) is 36.0 Å². The van der Waals surface area contributed by atoms with E-state index in [9.17, 15) is 9.59 Å². The lowest BCUT2D eigenvalue weighted by Crippen LogP contribution is -2.44. The van der Waals surface area contributed by atoms with Gasteiger partial charge in [0.2, 0.25) is 5.91 Å². The van der Waals surface area contributed by atoms with Gasteiger partial charge in [-0.1, -0.05) is 38.1 Å². The van der Waals surface area contributed by atoms with Crippen molar-refractivity contribution in [2.24, 2.45) is 17.4 Å². The molecule has 0 aliphatic carbocycles. The molecule has 1 heterocycles. The fourth-order valence-electron chi connectivity index (χ4n) is 2.51. The number of carbonyl (C=O) groups excluding carboxylic acids is 2. The van der Waals surface area contributed by atoms with Crippen molar-refractivity contribution in [1.29, 1.82) is 0 Å². The van der Waals surface area contributed by atoms with E-state index in [0.29, 0.717) is 6.42 Å². The van der Waals surface area contributed by atoms with Crippen molar-refractivity contribution in [2.75, 3.05) is 7.11 Å². The van der Waals surface area contributed by atoms with Crippen LogP contribution in [-0.2, 0) is 20.7 Å². The second-order valence-corrected chi connectivity index (χ2v) is 7.36. The van der Waals surface area contributed by atoms with Gasteiger partial charge in [0.25, 0.3) is 0 Å². The number of rotatable bonds is 6. The summed E-state index contributed by atoms with van der Waals surface area (Å²) >= 11 is 1.56. The first-order chi connectivity index (χ1) is 11.8. The van der Waals surface area contributed by atoms with Gasteiger partial charge < -0.3 is 21.1 Å². The second-order valence-electron chi connectivity index (χ2n) is 6.36. The number of thioether (sulfide) groups is 1. The number of hydrogen-bond donors (Lipinski definition) is 2. The monoisotopic (exact) mass is 363 g/mol. The van der Waals surface area contributed by atoms with Crippen LogP contribution in [0.25, 0.3) is 0 Å². The molecule has 1 aromatic carbocycles. The Morgan fingerprint density at radius 3 is 2.44 bits per heavy atom. The van der Waals surface area contributed by atoms with Crippen LogP contribution in [0.4, 0.5) is 0 Å². The summed E-state index contributed by atoms with van der Waals surface area (Å²) in [5.74, 6) is -0.438. The molecule has 0 saturated carbocycles. The quantitative estimate of drug-likeness (QED) is 0.747. The predicted molar refractivity (Wildman–Crippen MR) is 99.3 cm³/mol. The number of methoxy groups -OCH3 is 1. The molecule has 25 heavy (non-hydrogen) atoms. The Balaban J connectivity index is 2.08. The normalized spacial score (nSPS) is 19.1. The maximum atomic E-state index is 12.6. The molecule has 0 aromatic heterocycles. The fourth-order valence-corrected chi connectivity index (χ4v) is 3.48. The summed E-state index contributed by atoms with van der Waals surface area (Å²) in [6, 6.07) is 6.53. The Morgan fingerprint density at radius 2 is 1.88 bits per heavy atom. The van der Waals surface area contributed by atoms with Crippen LogP contribution in [0.3, 0.4) is 0 Å². The molecule has 0 saturated heterocycles. The number of esters is 1. The summed E-state index contributed by atoms with van der Waals surface area (Å²) in [6.07, 6.45) is 2.19. The third-order valence-corrected chi connectivity index (χ3v) is 5.20. The Hall–Kier alpha value is -1.83. The number of carbonyl (C=O) groups is 2. The summed E-state index contributed by atoms with van der Waals surface area (Å²) in [7, 11) is 1.32. The number of amides is 1. The zero-order chi connectivity index (χ0) is 18.6. The summed E-state index contributed by atoms with van der Waals surface area (Å²) < 4.78 is 4.64. The third kappa shape index (κ3) is 4.62. The highest BCUT2D eigenvalue weighted by molar-refractivity contribution is 8.02. The van der Waals surface area contributed by atoms with Gasteiger partial charge in [0, 0.05) is 6.20 Å². The van der Waals surface area contributed by atoms with Gasteiger partial charge in [0.1, 0.15) is 11.4 Å². The summed E-state index contributed by atoms with van der Waals surface area (Å²) in [6.45, 7) is 3.87. The minimum absolute atomic E-state index is 0.0781. The van der Waals surface area contributed by atoms with Crippen molar-refractivity contribution >= 4 is 23.6 Å². The van der Waals surface area contributed by atoms with Gasteiger partial charge >= 0.3 is 5.97 Å². The molecule has 1 aliphatic heterocycles. The lowest BCUT2D eigenvalue weighted by atomic mass is 10.0. The zero-order valence-electron chi connectivity index (χ0n) is 14.7. The minimum atomic E-state index is -0.680. The molecular formula is C18H25N3O3S. The SMILES string of the molecule is COC(=O)[C@@H](N)Cc1ccc(C2SC=CN2C(=O)[C@@H](N)C(C)C)cc1. The van der Waals surface area contributed by atoms with Crippen molar-refractivity contribution in [3.8, 4) is 0 Å². The van der Waals surface area contributed by atoms with Gasteiger partial charge in [-0.2, -0.15) is 0 Å². The van der Waals surface area contributed by atoms with E-state index >= 15 is 0 Å². The van der Waals surface area contributed by atoms with E-state index in [4.69, 9.17) is 11.5 Å². The summed E-state index contributed by atoms with van der Waals surface area (Å²) in [5.41, 5.74) is 13.7. The maximum absolute atomic E-state index is 12.6. The first kappa shape index (κ1) is 19.5. The molecule has 136 valence electrons. The molecule has 0 fully saturated rings. The molecule has 2 rings (SSSR count). The van der Waals surface area contributed by atoms with Crippen LogP contribution in [0.2, 0.25) is 0 Å². The molecule has 3 atom stereocenters. The third-order valence-electron chi connectivity index (χ3n) is 4.16. The zero-order valence-corrected chi connectivity index (χ0v) is 15.5. The summed E-state index contributed by atoms with van der Waals surface area (Å²) in [4.78, 5) is 25.7. The van der Waals surface area contributed by atoms with Crippen LogP contribution in [0.1, 0.15) is 30.3 Å². The molecule has 1 aromatic rings. The van der Waals surface area contributed by atoms with Gasteiger partial charge in [-0.3, -0.25) is 9.59 Å². The molecule has 0 spiro atoms. The van der Waals surface area contributed by atoms with Gasteiger partial charge in [-0.15, -0.1) is 11.8 Å². The number of hydrogen-bond acceptors (Lipinski definition) is 6. The minimum Gasteiger partial charge on any atom is -0.468 e. The average molecular weight is 363 g/mol. The number of ether oxygens (including phenoxy) is 1. The number of nitrogens with two attached hydrogens (primary N) is 2. The smallest absolute Gasteiger partial charge is 0.322 e. The van der Waals surface area contributed by atoms with Crippen LogP contribution in [0.15, 0.2) is 35.9 Å². The van der Waals surface area contributed by atoms with Crippen LogP contribution < -0.4 is 11.5 Å². The topological polar surface area (TPSA) is 98.6 Å². The van der Waals surface area contributed by atoms with E-state index < -0.39 is 18.1 Å². The summed E-state index contributed by atoms with van der Waals surface area (Å²) in [5, 5.41) is 1.78. The van der Waals surface area contributed by atoms with E-state index in [1.54, 1.807) is 22.9 Å². The van der Waals surface area contributed by atoms with E-state index in [2.05, 4.69) is 4.74 Å². The molecule has 1 amide bonds. The Bertz CT molecular complexity index is 645. The maximum Gasteiger partial charge on any atom is 0.322 e. The first-order valence-electron chi connectivity index (χ1n) is 8.17. The van der Waals surface area contributed by atoms with Crippen molar-refractivity contribution in [2.45, 2.75) is 37.7 Å². The lowest BCUT2D eigenvalue weighted by molar-refractivity contribution is -0.142. The highest BCUT2D eigenvalue weighted by atomic mass is 32.2. The largest absolute Gasteiger partial charge is 0.468 e. The highest BCUT2D eigenvalue weighted by Crippen LogP contribution is 2.39. The lowest BCUT2D eigenvalue weighted by Gasteiger charge is -2.27. The molecule has 4 N–H and O–H groups in total. The number of benzene rings is 1. The fraction of sp³-hybridized carbons (Fsp3) is 0.444. The molecular weight excluding hydrogens is 338 g/mol. The van der Waals surface area contributed by atoms with Gasteiger partial charge in [0.05, 0.1) is 13.2 Å². The average Bonchev–Trinajstić information content (AvgIpc) is 3.09. The van der Waals surface area contributed by atoms with Crippen molar-refractivity contribution in [3.63, 3.8) is 0 Å². The number of nitrogens with zero attached hydrogens (tertiary/aromatic N) is 1. The Labute approximate surface area is 152 Å². The second kappa shape index (κ2) is 8.51. The van der Waals surface area contributed by atoms with Crippen LogP contribution in [0.5, 0.6) is 0 Å². The van der Waals surface area contributed by atoms with Gasteiger partial charge in [0.15, 0.2) is 0 Å². The van der Waals surface area contributed by atoms with E-state index in [1.807, 2.05) is 43.5 Å². The van der Waals surface area contributed by atoms with Gasteiger partial charge in [-0.05, 0) is 28.9 Å². The Morgan fingerprint density at radius 1 is 1.24 bits per heavy atom. The molecule has 1 aliphatic rings. The predicted octanol–water partition coefficient (Wildman–Crippen LogP) is 1.76. The molecule has 1 unspecified atom stereocenters. The first-order valence-corrected chi connectivity index (χ1v) is 9.11. The molecule has 0 radical (unpaired) electrons. The standard InChI is InChI=1S/C18H25N3O3S/c1-11(2)15(20)16(22)21-8-9-25-17(21)13-6-4-12(5-7-13)10-14(19)18(23)24-3/h4-9,11,14-15,17H,10,19-20H2,1-3H3/t14-,15-,17?/m0/s1. The molecule has 6 nitrogen and oxygen atoms in total. The van der Waals surface area contributed by atoms with E-state index in [0.717, 1.165) is 11.1 Å². The van der Waals surface area contributed by atoms with Crippen LogP contribution >= 0.6 is 11.8 Å². The van der Waals surface area contributed by atoms with E-state index in [1.165, 1.54) is 7.11 Å². The molecule has 0 bridgehead atoms. The van der Waals surface area contributed by atoms with Crippen molar-refractivity contribution < 1.29 is 14.3 Å². The Kier molecular flexibility index (Phi) is 6.64. The van der Waals surface area contributed by atoms with Gasteiger partial charge in [-0.25, -0.2) is 0 Å². The highest BCUT2D eigenvalue weighted by Gasteiger charge is 2.31. The van der Waals surface area contributed by atoms with Crippen molar-refractivity contribution in [3.05, 3.63) is 47.0 Å². The van der Waals surface area contributed by atoms with E-state index in [-0.39, 0.29) is 17.2 Å². The van der Waals surface area contributed by atoms with Crippen molar-refractivity contribution in [1.82, 2.24) is 4.90 Å². The van der Waals surface area contributed by atoms with Crippen LogP contribution in [0, 0.1) is 5.92 Å².